The van der Waals surface area contributed by atoms with E-state index in [1.165, 1.54) is 23.2 Å². The van der Waals surface area contributed by atoms with Crippen molar-refractivity contribution in [2.45, 2.75) is 13.5 Å². The Morgan fingerprint density at radius 2 is 2.19 bits per heavy atom. The van der Waals surface area contributed by atoms with E-state index in [1.807, 2.05) is 0 Å². The molecule has 0 saturated carbocycles. The molecule has 1 amide bonds. The van der Waals surface area contributed by atoms with Crippen molar-refractivity contribution < 1.29 is 13.9 Å². The van der Waals surface area contributed by atoms with Crippen LogP contribution < -0.4 is 5.73 Å². The summed E-state index contributed by atoms with van der Waals surface area (Å²) in [4.78, 5) is 15.3. The van der Waals surface area contributed by atoms with E-state index in [1.54, 1.807) is 19.1 Å². The Labute approximate surface area is 120 Å². The number of benzene rings is 1. The van der Waals surface area contributed by atoms with Gasteiger partial charge in [0, 0.05) is 0 Å². The smallest absolute Gasteiger partial charge is 0.273 e. The summed E-state index contributed by atoms with van der Waals surface area (Å²) in [6.45, 7) is 2.52. The molecule has 7 nitrogen and oxygen atoms in total. The highest BCUT2D eigenvalue weighted by Gasteiger charge is 2.17. The predicted molar refractivity (Wildman–Crippen MR) is 73.8 cm³/mol. The Hall–Kier alpha value is -2.77. The number of primary amides is 1. The molecule has 0 fully saturated rings. The molecule has 0 atom stereocenters. The van der Waals surface area contributed by atoms with Gasteiger partial charge < -0.3 is 10.5 Å². The normalized spacial score (nSPS) is 11.0. The van der Waals surface area contributed by atoms with Gasteiger partial charge in [-0.3, -0.25) is 4.79 Å². The number of halogens is 1. The molecule has 0 aliphatic heterocycles. The lowest BCUT2D eigenvalue weighted by Crippen LogP contribution is -2.12. The number of nitrogens with zero attached hydrogens (tertiary/aromatic N) is 4. The van der Waals surface area contributed by atoms with Crippen LogP contribution in [0, 0.1) is 5.82 Å². The number of carbonyl (C=O) groups is 1. The molecule has 0 radical (unpaired) electrons. The molecule has 1 aromatic carbocycles. The standard InChI is InChI=1S/C13H14FN5O2/c1-2-21-8-16-13-11(12(15)20)17-18-19(13)7-9-3-5-10(14)6-4-9/h3-6,8H,2,7H2,1H3,(H2,15,20). The fourth-order valence-electron chi connectivity index (χ4n) is 1.63. The van der Waals surface area contributed by atoms with Crippen molar-refractivity contribution in [3.63, 3.8) is 0 Å². The Bertz CT molecular complexity index is 651. The Balaban J connectivity index is 2.29. The maximum Gasteiger partial charge on any atom is 0.273 e. The average molecular weight is 291 g/mol. The molecule has 110 valence electrons. The summed E-state index contributed by atoms with van der Waals surface area (Å²) in [6.07, 6.45) is 1.20. The molecule has 1 aromatic heterocycles. The zero-order valence-electron chi connectivity index (χ0n) is 11.4. The van der Waals surface area contributed by atoms with Gasteiger partial charge in [-0.2, -0.15) is 4.99 Å². The number of aliphatic imine (C=N–C) groups is 1. The second-order valence-electron chi connectivity index (χ2n) is 4.10. The summed E-state index contributed by atoms with van der Waals surface area (Å²) in [6, 6.07) is 5.89. The lowest BCUT2D eigenvalue weighted by atomic mass is 10.2. The Morgan fingerprint density at radius 3 is 2.81 bits per heavy atom. The molecule has 0 spiro atoms. The monoisotopic (exact) mass is 291 g/mol. The van der Waals surface area contributed by atoms with Gasteiger partial charge in [-0.15, -0.1) is 5.10 Å². The molecule has 21 heavy (non-hydrogen) atoms. The van der Waals surface area contributed by atoms with Gasteiger partial charge in [-0.25, -0.2) is 9.07 Å². The van der Waals surface area contributed by atoms with Crippen molar-refractivity contribution >= 4 is 18.1 Å². The van der Waals surface area contributed by atoms with Crippen LogP contribution in [-0.4, -0.2) is 33.9 Å². The summed E-state index contributed by atoms with van der Waals surface area (Å²) in [5.41, 5.74) is 5.96. The quantitative estimate of drug-likeness (QED) is 0.640. The minimum atomic E-state index is -0.732. The summed E-state index contributed by atoms with van der Waals surface area (Å²) in [5, 5.41) is 7.54. The number of hydrogen-bond acceptors (Lipinski definition) is 5. The predicted octanol–water partition coefficient (Wildman–Crippen LogP) is 1.26. The first-order chi connectivity index (χ1) is 10.1. The van der Waals surface area contributed by atoms with Gasteiger partial charge >= 0.3 is 0 Å². The van der Waals surface area contributed by atoms with E-state index in [0.717, 1.165) is 5.56 Å². The second kappa shape index (κ2) is 6.60. The molecule has 0 unspecified atom stereocenters. The van der Waals surface area contributed by atoms with E-state index >= 15 is 0 Å². The largest absolute Gasteiger partial charge is 0.483 e. The van der Waals surface area contributed by atoms with Crippen LogP contribution in [0.2, 0.25) is 0 Å². The Morgan fingerprint density at radius 1 is 1.48 bits per heavy atom. The van der Waals surface area contributed by atoms with E-state index in [0.29, 0.717) is 6.61 Å². The zero-order chi connectivity index (χ0) is 15.2. The van der Waals surface area contributed by atoms with Crippen LogP contribution in [0.3, 0.4) is 0 Å². The number of amides is 1. The SMILES string of the molecule is CCOC=Nc1c(C(N)=O)nnn1Cc1ccc(F)cc1. The average Bonchev–Trinajstić information content (AvgIpc) is 2.85. The van der Waals surface area contributed by atoms with Crippen LogP contribution in [0.4, 0.5) is 10.2 Å². The number of rotatable bonds is 6. The van der Waals surface area contributed by atoms with Crippen LogP contribution in [0.5, 0.6) is 0 Å². The van der Waals surface area contributed by atoms with E-state index in [-0.39, 0.29) is 23.9 Å². The van der Waals surface area contributed by atoms with Gasteiger partial charge in [0.2, 0.25) is 0 Å². The highest BCUT2D eigenvalue weighted by molar-refractivity contribution is 5.95. The van der Waals surface area contributed by atoms with E-state index in [9.17, 15) is 9.18 Å². The first kappa shape index (κ1) is 14.6. The molecule has 2 rings (SSSR count). The van der Waals surface area contributed by atoms with Gasteiger partial charge in [0.25, 0.3) is 5.91 Å². The van der Waals surface area contributed by atoms with Crippen LogP contribution in [0.1, 0.15) is 23.0 Å². The maximum atomic E-state index is 12.9. The summed E-state index contributed by atoms with van der Waals surface area (Å²) < 4.78 is 19.3. The van der Waals surface area contributed by atoms with Gasteiger partial charge in [0.15, 0.2) is 17.9 Å². The lowest BCUT2D eigenvalue weighted by molar-refractivity contribution is 0.0996. The Kier molecular flexibility index (Phi) is 4.60. The molecule has 2 N–H and O–H groups in total. The zero-order valence-corrected chi connectivity index (χ0v) is 11.4. The summed E-state index contributed by atoms with van der Waals surface area (Å²) >= 11 is 0. The van der Waals surface area contributed by atoms with Crippen LogP contribution in [0.25, 0.3) is 0 Å². The number of carbonyl (C=O) groups excluding carboxylic acids is 1. The van der Waals surface area contributed by atoms with Crippen molar-refractivity contribution in [2.75, 3.05) is 6.61 Å². The lowest BCUT2D eigenvalue weighted by Gasteiger charge is -2.03. The number of aromatic nitrogens is 3. The summed E-state index contributed by atoms with van der Waals surface area (Å²) in [5.74, 6) is -0.867. The van der Waals surface area contributed by atoms with Crippen molar-refractivity contribution in [1.29, 1.82) is 0 Å². The maximum absolute atomic E-state index is 12.9. The van der Waals surface area contributed by atoms with Gasteiger partial charge in [0.05, 0.1) is 13.2 Å². The number of nitrogens with two attached hydrogens (primary N) is 1. The van der Waals surface area contributed by atoms with Crippen LogP contribution in [-0.2, 0) is 11.3 Å². The second-order valence-corrected chi connectivity index (χ2v) is 4.10. The number of ether oxygens (including phenoxy) is 1. The minimum absolute atomic E-state index is 0.0481. The van der Waals surface area contributed by atoms with Gasteiger partial charge in [-0.05, 0) is 24.6 Å². The summed E-state index contributed by atoms with van der Waals surface area (Å²) in [7, 11) is 0. The molecule has 0 saturated heterocycles. The van der Waals surface area contributed by atoms with Crippen molar-refractivity contribution in [2.24, 2.45) is 10.7 Å². The third-order valence-corrected chi connectivity index (χ3v) is 2.60. The fourth-order valence-corrected chi connectivity index (χ4v) is 1.63. The molecule has 0 aliphatic carbocycles. The minimum Gasteiger partial charge on any atom is -0.483 e. The molecule has 1 heterocycles. The van der Waals surface area contributed by atoms with Crippen LogP contribution in [0.15, 0.2) is 29.3 Å². The van der Waals surface area contributed by atoms with Crippen LogP contribution >= 0.6 is 0 Å². The van der Waals surface area contributed by atoms with Crippen molar-refractivity contribution in [3.8, 4) is 0 Å². The molecule has 2 aromatic rings. The van der Waals surface area contributed by atoms with Crippen molar-refractivity contribution in [3.05, 3.63) is 41.3 Å². The molecular weight excluding hydrogens is 277 g/mol. The third-order valence-electron chi connectivity index (χ3n) is 2.60. The fraction of sp³-hybridized carbons (Fsp3) is 0.231. The molecule has 8 heteroatoms. The molecule has 0 aliphatic rings. The van der Waals surface area contributed by atoms with E-state index in [2.05, 4.69) is 15.3 Å². The topological polar surface area (TPSA) is 95.4 Å². The van der Waals surface area contributed by atoms with E-state index in [4.69, 9.17) is 10.5 Å². The van der Waals surface area contributed by atoms with Gasteiger partial charge in [0.1, 0.15) is 5.82 Å². The first-order valence-corrected chi connectivity index (χ1v) is 6.23. The van der Waals surface area contributed by atoms with E-state index < -0.39 is 5.91 Å². The number of hydrogen-bond donors (Lipinski definition) is 1. The highest BCUT2D eigenvalue weighted by atomic mass is 19.1. The molecular formula is C13H14FN5O2. The van der Waals surface area contributed by atoms with Gasteiger partial charge in [-0.1, -0.05) is 17.3 Å². The third kappa shape index (κ3) is 3.62. The van der Waals surface area contributed by atoms with Crippen molar-refractivity contribution in [1.82, 2.24) is 15.0 Å². The highest BCUT2D eigenvalue weighted by Crippen LogP contribution is 2.17. The first-order valence-electron chi connectivity index (χ1n) is 6.23. The molecule has 0 bridgehead atoms.